The lowest BCUT2D eigenvalue weighted by molar-refractivity contribution is -0.161. The Morgan fingerprint density at radius 1 is 0.583 bits per heavy atom. The molecule has 0 heterocycles. The maximum absolute atomic E-state index is 14.7. The van der Waals surface area contributed by atoms with Crippen molar-refractivity contribution < 1.29 is 27.8 Å². The highest BCUT2D eigenvalue weighted by molar-refractivity contribution is 9.09. The van der Waals surface area contributed by atoms with Crippen LogP contribution in [0.15, 0.2) is 84.9 Å². The predicted octanol–water partition coefficient (Wildman–Crippen LogP) is 10.5. The molecule has 0 aliphatic carbocycles. The van der Waals surface area contributed by atoms with Gasteiger partial charge in [0.15, 0.2) is 5.92 Å². The quantitative estimate of drug-likeness (QED) is 0.0697. The van der Waals surface area contributed by atoms with Crippen molar-refractivity contribution in [3.8, 4) is 22.3 Å². The minimum Gasteiger partial charge on any atom is -0.465 e. The molecule has 48 heavy (non-hydrogen) atoms. The van der Waals surface area contributed by atoms with Crippen LogP contribution in [-0.2, 0) is 44.7 Å². The van der Waals surface area contributed by atoms with Crippen LogP contribution in [0.25, 0.3) is 22.3 Å². The third kappa shape index (κ3) is 11.7. The van der Waals surface area contributed by atoms with E-state index in [9.17, 15) is 18.4 Å². The lowest BCUT2D eigenvalue weighted by atomic mass is 9.96. The summed E-state index contributed by atoms with van der Waals surface area (Å²) in [5.41, 5.74) is 7.27. The van der Waals surface area contributed by atoms with Gasteiger partial charge in [0.2, 0.25) is 0 Å². The molecule has 0 aliphatic heterocycles. The fourth-order valence-corrected chi connectivity index (χ4v) is 5.87. The first-order valence-electron chi connectivity index (χ1n) is 16.9. The average molecular weight is 722 g/mol. The molecule has 0 atom stereocenters. The van der Waals surface area contributed by atoms with Crippen LogP contribution in [0.4, 0.5) is 8.78 Å². The maximum Gasteiger partial charge on any atom is 0.320 e. The van der Waals surface area contributed by atoms with E-state index in [1.54, 1.807) is 26.0 Å². The summed E-state index contributed by atoms with van der Waals surface area (Å²) in [6.07, 6.45) is 5.72. The lowest BCUT2D eigenvalue weighted by Gasteiger charge is -2.14. The van der Waals surface area contributed by atoms with Crippen molar-refractivity contribution in [2.24, 2.45) is 5.92 Å². The maximum atomic E-state index is 14.7. The van der Waals surface area contributed by atoms with E-state index in [1.807, 2.05) is 54.6 Å². The molecule has 0 radical (unpaired) electrons. The summed E-state index contributed by atoms with van der Waals surface area (Å²) in [7, 11) is 0. The van der Waals surface area contributed by atoms with Gasteiger partial charge in [-0.25, -0.2) is 8.78 Å². The Kier molecular flexibility index (Phi) is 16.5. The van der Waals surface area contributed by atoms with E-state index >= 15 is 0 Å². The molecule has 0 amide bonds. The van der Waals surface area contributed by atoms with Crippen LogP contribution in [0.2, 0.25) is 0 Å². The molecule has 0 fully saturated rings. The van der Waals surface area contributed by atoms with Crippen molar-refractivity contribution in [3.63, 3.8) is 0 Å². The van der Waals surface area contributed by atoms with E-state index in [0.717, 1.165) is 54.1 Å². The molecule has 256 valence electrons. The number of benzene rings is 4. The Bertz CT molecular complexity index is 1570. The van der Waals surface area contributed by atoms with Gasteiger partial charge in [0.25, 0.3) is 0 Å². The van der Waals surface area contributed by atoms with E-state index in [-0.39, 0.29) is 31.3 Å². The second-order valence-corrected chi connectivity index (χ2v) is 12.3. The molecule has 0 aromatic heterocycles. The van der Waals surface area contributed by atoms with Gasteiger partial charge in [-0.2, -0.15) is 0 Å². The van der Waals surface area contributed by atoms with Crippen LogP contribution in [-0.4, -0.2) is 30.5 Å². The zero-order valence-corrected chi connectivity index (χ0v) is 30.1. The molecule has 7 heteroatoms. The molecule has 0 spiro atoms. The largest absolute Gasteiger partial charge is 0.465 e. The Morgan fingerprint density at radius 3 is 1.33 bits per heavy atom. The molecule has 4 aromatic carbocycles. The third-order valence-electron chi connectivity index (χ3n) is 7.92. The zero-order valence-electron chi connectivity index (χ0n) is 28.5. The second kappa shape index (κ2) is 20.5. The van der Waals surface area contributed by atoms with Gasteiger partial charge in [0.05, 0.1) is 13.2 Å². The molecule has 4 rings (SSSR count). The van der Waals surface area contributed by atoms with Crippen LogP contribution in [0.5, 0.6) is 0 Å². The third-order valence-corrected chi connectivity index (χ3v) is 8.32. The van der Waals surface area contributed by atoms with Gasteiger partial charge in [-0.15, -0.1) is 0 Å². The van der Waals surface area contributed by atoms with Crippen molar-refractivity contribution in [1.29, 1.82) is 0 Å². The van der Waals surface area contributed by atoms with Crippen molar-refractivity contribution >= 4 is 27.9 Å². The Labute approximate surface area is 293 Å². The summed E-state index contributed by atoms with van der Waals surface area (Å²) in [5, 5.41) is 0.859. The first-order valence-corrected chi connectivity index (χ1v) is 18.0. The molecule has 4 nitrogen and oxygen atoms in total. The van der Waals surface area contributed by atoms with Crippen LogP contribution < -0.4 is 0 Å². The number of halogens is 3. The molecule has 0 saturated carbocycles. The standard InChI is InChI=1S/C24H29FO4.C17H18BrF/c1-4-7-17-8-12-19(13-9-17)20-14-10-18(16-22(20)25)11-15-21(23(26)28-5-2)24(27)29-6-3;1-2-3-13-4-7-15(8-5-13)16-9-6-14(10-11-18)12-17(16)19/h8-10,12-14,16,21H,4-7,11,15H2,1-3H3;4-9,12H,2-3,10-11H2,1H3. The molecular weight excluding hydrogens is 674 g/mol. The molecule has 0 unspecified atom stereocenters. The normalized spacial score (nSPS) is 10.8. The zero-order chi connectivity index (χ0) is 34.9. The fraction of sp³-hybridized carbons (Fsp3) is 0.366. The van der Waals surface area contributed by atoms with Crippen molar-refractivity contribution in [2.45, 2.75) is 72.6 Å². The molecular formula is C41H47BrF2O4. The minimum atomic E-state index is -0.997. The summed E-state index contributed by atoms with van der Waals surface area (Å²) < 4.78 is 38.7. The number of carbonyl (C=O) groups excluding carboxylic acids is 2. The van der Waals surface area contributed by atoms with Crippen molar-refractivity contribution in [2.75, 3.05) is 18.5 Å². The molecule has 0 bridgehead atoms. The number of alkyl halides is 1. The second-order valence-electron chi connectivity index (χ2n) is 11.6. The highest BCUT2D eigenvalue weighted by Gasteiger charge is 2.29. The van der Waals surface area contributed by atoms with Crippen LogP contribution in [0, 0.1) is 17.6 Å². The van der Waals surface area contributed by atoms with E-state index in [2.05, 4.69) is 41.9 Å². The van der Waals surface area contributed by atoms with Gasteiger partial charge in [-0.1, -0.05) is 115 Å². The molecule has 0 N–H and O–H groups in total. The van der Waals surface area contributed by atoms with E-state index in [1.165, 1.54) is 17.2 Å². The van der Waals surface area contributed by atoms with Crippen LogP contribution in [0.1, 0.15) is 69.2 Å². The first kappa shape index (κ1) is 38.6. The van der Waals surface area contributed by atoms with Crippen molar-refractivity contribution in [1.82, 2.24) is 0 Å². The summed E-state index contributed by atoms with van der Waals surface area (Å²) in [4.78, 5) is 24.1. The monoisotopic (exact) mass is 720 g/mol. The highest BCUT2D eigenvalue weighted by Crippen LogP contribution is 2.27. The van der Waals surface area contributed by atoms with Gasteiger partial charge in [-0.05, 0) is 91.5 Å². The molecule has 0 aliphatic rings. The van der Waals surface area contributed by atoms with Crippen LogP contribution in [0.3, 0.4) is 0 Å². The molecule has 0 saturated heterocycles. The number of hydrogen-bond acceptors (Lipinski definition) is 4. The van der Waals surface area contributed by atoms with Gasteiger partial charge >= 0.3 is 11.9 Å². The predicted molar refractivity (Wildman–Crippen MR) is 194 cm³/mol. The number of rotatable bonds is 15. The van der Waals surface area contributed by atoms with Crippen molar-refractivity contribution in [3.05, 3.63) is 119 Å². The summed E-state index contributed by atoms with van der Waals surface area (Å²) in [5.74, 6) is -2.66. The topological polar surface area (TPSA) is 52.6 Å². The highest BCUT2D eigenvalue weighted by atomic mass is 79.9. The number of esters is 2. The Hall–Kier alpha value is -3.84. The van der Waals surface area contributed by atoms with Gasteiger partial charge in [0.1, 0.15) is 11.6 Å². The summed E-state index contributed by atoms with van der Waals surface area (Å²) in [6, 6.07) is 26.6. The van der Waals surface area contributed by atoms with E-state index in [0.29, 0.717) is 23.1 Å². The number of carbonyl (C=O) groups is 2. The number of ether oxygens (including phenoxy) is 2. The Balaban J connectivity index is 0.000000284. The summed E-state index contributed by atoms with van der Waals surface area (Å²) >= 11 is 3.37. The molecule has 4 aromatic rings. The SMILES string of the molecule is CCCc1ccc(-c2ccc(CCBr)cc2F)cc1.CCCc1ccc(-c2ccc(CCC(C(=O)OCC)C(=O)OCC)cc2F)cc1. The lowest BCUT2D eigenvalue weighted by Crippen LogP contribution is -2.28. The van der Waals surface area contributed by atoms with E-state index < -0.39 is 17.9 Å². The minimum absolute atomic E-state index is 0.137. The average Bonchev–Trinajstić information content (AvgIpc) is 3.07. The van der Waals surface area contributed by atoms with Gasteiger partial charge in [0, 0.05) is 16.5 Å². The van der Waals surface area contributed by atoms with Gasteiger partial charge in [-0.3, -0.25) is 9.59 Å². The number of aryl methyl sites for hydroxylation is 4. The summed E-state index contributed by atoms with van der Waals surface area (Å²) in [6.45, 7) is 8.03. The van der Waals surface area contributed by atoms with E-state index in [4.69, 9.17) is 9.47 Å². The van der Waals surface area contributed by atoms with Gasteiger partial charge < -0.3 is 9.47 Å². The number of hydrogen-bond donors (Lipinski definition) is 0. The smallest absolute Gasteiger partial charge is 0.320 e. The Morgan fingerprint density at radius 2 is 0.979 bits per heavy atom. The van der Waals surface area contributed by atoms with Crippen LogP contribution >= 0.6 is 15.9 Å². The first-order chi connectivity index (χ1) is 23.2. The fourth-order valence-electron chi connectivity index (χ4n) is 5.41.